The van der Waals surface area contributed by atoms with E-state index in [1.165, 1.54) is 0 Å². The van der Waals surface area contributed by atoms with E-state index in [-0.39, 0.29) is 0 Å². The largest absolute Gasteiger partial charge is 0.467 e. The lowest BCUT2D eigenvalue weighted by atomic mass is 10.1. The van der Waals surface area contributed by atoms with Gasteiger partial charge < -0.3 is 15.1 Å². The molecule has 0 fully saturated rings. The smallest absolute Gasteiger partial charge is 0.171 e. The second kappa shape index (κ2) is 7.51. The fourth-order valence-corrected chi connectivity index (χ4v) is 4.03. The van der Waals surface area contributed by atoms with Gasteiger partial charge in [-0.05, 0) is 54.7 Å². The molecule has 4 heterocycles. The second-order valence-corrected chi connectivity index (χ2v) is 7.72. The Labute approximate surface area is 187 Å². The van der Waals surface area contributed by atoms with Gasteiger partial charge in [0.2, 0.25) is 0 Å². The van der Waals surface area contributed by atoms with E-state index in [0.29, 0.717) is 11.7 Å². The van der Waals surface area contributed by atoms with Gasteiger partial charge in [0, 0.05) is 28.9 Å². The van der Waals surface area contributed by atoms with Crippen molar-refractivity contribution in [3.8, 4) is 0 Å². The van der Waals surface area contributed by atoms with Crippen molar-refractivity contribution in [2.24, 2.45) is 0 Å². The standard InChI is InChI=1S/C24H16N6OS/c32-24(27-13-15-4-3-11-31-15)28-14-7-8-18-19(12-14)30-23-21-17(6-2-10-26-21)16-5-1-9-25-20(16)22(23)29-18/h1-12H,13H2,(H2,27,28,32). The quantitative estimate of drug-likeness (QED) is 0.229. The highest BCUT2D eigenvalue weighted by Crippen LogP contribution is 2.32. The van der Waals surface area contributed by atoms with Gasteiger partial charge in [0.25, 0.3) is 0 Å². The summed E-state index contributed by atoms with van der Waals surface area (Å²) in [7, 11) is 0. The summed E-state index contributed by atoms with van der Waals surface area (Å²) in [6, 6.07) is 17.5. The number of thiocarbonyl (C=S) groups is 1. The summed E-state index contributed by atoms with van der Waals surface area (Å²) in [5, 5.41) is 8.84. The number of pyridine rings is 2. The molecule has 0 saturated heterocycles. The summed E-state index contributed by atoms with van der Waals surface area (Å²) < 4.78 is 5.32. The van der Waals surface area contributed by atoms with Crippen molar-refractivity contribution < 1.29 is 4.42 Å². The summed E-state index contributed by atoms with van der Waals surface area (Å²) in [5.41, 5.74) is 5.46. The molecule has 8 heteroatoms. The predicted octanol–water partition coefficient (Wildman–Crippen LogP) is 4.96. The molecule has 2 N–H and O–H groups in total. The number of nitrogens with zero attached hydrogens (tertiary/aromatic N) is 4. The molecule has 154 valence electrons. The molecule has 0 aliphatic heterocycles. The molecule has 6 aromatic rings. The molecule has 7 nitrogen and oxygen atoms in total. The molecule has 32 heavy (non-hydrogen) atoms. The normalized spacial score (nSPS) is 11.4. The minimum atomic E-state index is 0.497. The van der Waals surface area contributed by atoms with Gasteiger partial charge in [-0.1, -0.05) is 12.1 Å². The summed E-state index contributed by atoms with van der Waals surface area (Å²) in [6.07, 6.45) is 5.19. The van der Waals surface area contributed by atoms with Crippen LogP contribution in [0.15, 0.2) is 77.7 Å². The zero-order valence-corrected chi connectivity index (χ0v) is 17.6. The van der Waals surface area contributed by atoms with Crippen LogP contribution in [0.4, 0.5) is 5.69 Å². The first-order valence-electron chi connectivity index (χ1n) is 10.1. The summed E-state index contributed by atoms with van der Waals surface area (Å²) in [6.45, 7) is 0.509. The molecule has 0 saturated carbocycles. The third kappa shape index (κ3) is 3.17. The number of rotatable bonds is 3. The molecule has 6 rings (SSSR count). The van der Waals surface area contributed by atoms with Crippen LogP contribution in [0.1, 0.15) is 5.76 Å². The average molecular weight is 437 g/mol. The topological polar surface area (TPSA) is 88.8 Å². The van der Waals surface area contributed by atoms with E-state index in [0.717, 1.165) is 55.3 Å². The molecule has 0 amide bonds. The number of nitrogens with one attached hydrogen (secondary N) is 2. The van der Waals surface area contributed by atoms with Gasteiger partial charge in [-0.3, -0.25) is 9.97 Å². The minimum absolute atomic E-state index is 0.497. The molecule has 0 unspecified atom stereocenters. The second-order valence-electron chi connectivity index (χ2n) is 7.31. The maximum absolute atomic E-state index is 5.41. The van der Waals surface area contributed by atoms with Crippen LogP contribution in [0.5, 0.6) is 0 Å². The van der Waals surface area contributed by atoms with Crippen molar-refractivity contribution in [3.63, 3.8) is 0 Å². The van der Waals surface area contributed by atoms with Crippen LogP contribution in [0, 0.1) is 0 Å². The van der Waals surface area contributed by atoms with E-state index in [1.807, 2.05) is 54.6 Å². The Bertz CT molecular complexity index is 1630. The first-order valence-corrected chi connectivity index (χ1v) is 10.5. The van der Waals surface area contributed by atoms with Crippen LogP contribution in [-0.4, -0.2) is 25.0 Å². The molecule has 4 aromatic heterocycles. The number of anilines is 1. The summed E-state index contributed by atoms with van der Waals surface area (Å²) in [5.74, 6) is 0.810. The fraction of sp³-hybridized carbons (Fsp3) is 0.0417. The molecule has 0 bridgehead atoms. The third-order valence-corrected chi connectivity index (χ3v) is 5.53. The molecular formula is C24H16N6OS. The zero-order chi connectivity index (χ0) is 21.5. The summed E-state index contributed by atoms with van der Waals surface area (Å²) >= 11 is 5.41. The molecular weight excluding hydrogens is 420 g/mol. The van der Waals surface area contributed by atoms with Crippen molar-refractivity contribution in [2.75, 3.05) is 5.32 Å². The van der Waals surface area contributed by atoms with Crippen LogP contribution in [0.2, 0.25) is 0 Å². The van der Waals surface area contributed by atoms with Gasteiger partial charge >= 0.3 is 0 Å². The molecule has 0 aliphatic carbocycles. The number of aromatic nitrogens is 4. The van der Waals surface area contributed by atoms with Gasteiger partial charge in [-0.25, -0.2) is 9.97 Å². The SMILES string of the molecule is S=C(NCc1ccco1)Nc1ccc2nc3c4ncccc4c4cccnc4c3nc2c1. The van der Waals surface area contributed by atoms with Crippen LogP contribution >= 0.6 is 12.2 Å². The Morgan fingerprint density at radius 1 is 0.812 bits per heavy atom. The highest BCUT2D eigenvalue weighted by molar-refractivity contribution is 7.80. The predicted molar refractivity (Wildman–Crippen MR) is 129 cm³/mol. The van der Waals surface area contributed by atoms with E-state index >= 15 is 0 Å². The van der Waals surface area contributed by atoms with Crippen molar-refractivity contribution in [3.05, 3.63) is 79.0 Å². The monoisotopic (exact) mass is 436 g/mol. The Morgan fingerprint density at radius 3 is 2.22 bits per heavy atom. The van der Waals surface area contributed by atoms with Gasteiger partial charge in [0.05, 0.1) is 34.9 Å². The first-order chi connectivity index (χ1) is 15.8. The number of fused-ring (bicyclic) bond motifs is 7. The number of hydrogen-bond donors (Lipinski definition) is 2. The molecule has 0 atom stereocenters. The van der Waals surface area contributed by atoms with E-state index in [2.05, 4.69) is 20.6 Å². The molecule has 0 radical (unpaired) electrons. The van der Waals surface area contributed by atoms with Crippen LogP contribution in [0.25, 0.3) is 43.9 Å². The minimum Gasteiger partial charge on any atom is -0.467 e. The number of benzene rings is 2. The van der Waals surface area contributed by atoms with E-state index in [9.17, 15) is 0 Å². The lowest BCUT2D eigenvalue weighted by Crippen LogP contribution is -2.27. The lowest BCUT2D eigenvalue weighted by molar-refractivity contribution is 0.503. The maximum atomic E-state index is 5.41. The fourth-order valence-electron chi connectivity index (χ4n) is 3.84. The van der Waals surface area contributed by atoms with Crippen molar-refractivity contribution in [2.45, 2.75) is 6.54 Å². The van der Waals surface area contributed by atoms with Crippen LogP contribution in [-0.2, 0) is 6.54 Å². The van der Waals surface area contributed by atoms with Crippen molar-refractivity contribution >= 4 is 66.9 Å². The first kappa shape index (κ1) is 18.6. The molecule has 0 spiro atoms. The summed E-state index contributed by atoms with van der Waals surface area (Å²) in [4.78, 5) is 19.0. The lowest BCUT2D eigenvalue weighted by Gasteiger charge is -2.11. The Morgan fingerprint density at radius 2 is 1.53 bits per heavy atom. The third-order valence-electron chi connectivity index (χ3n) is 5.28. The number of hydrogen-bond acceptors (Lipinski definition) is 6. The maximum Gasteiger partial charge on any atom is 0.171 e. The van der Waals surface area contributed by atoms with E-state index < -0.39 is 0 Å². The van der Waals surface area contributed by atoms with Gasteiger partial charge in [0.1, 0.15) is 16.8 Å². The zero-order valence-electron chi connectivity index (χ0n) is 16.7. The molecule has 0 aliphatic rings. The number of furan rings is 1. The highest BCUT2D eigenvalue weighted by Gasteiger charge is 2.14. The van der Waals surface area contributed by atoms with Crippen molar-refractivity contribution in [1.82, 2.24) is 25.3 Å². The van der Waals surface area contributed by atoms with E-state index in [4.69, 9.17) is 26.6 Å². The van der Waals surface area contributed by atoms with Gasteiger partial charge in [-0.15, -0.1) is 0 Å². The van der Waals surface area contributed by atoms with Gasteiger partial charge in [-0.2, -0.15) is 0 Å². The Hall–Kier alpha value is -4.17. The van der Waals surface area contributed by atoms with Crippen LogP contribution in [0.3, 0.4) is 0 Å². The van der Waals surface area contributed by atoms with Crippen LogP contribution < -0.4 is 10.6 Å². The Kier molecular flexibility index (Phi) is 4.36. The van der Waals surface area contributed by atoms with Crippen molar-refractivity contribution in [1.29, 1.82) is 0 Å². The Balaban J connectivity index is 1.43. The van der Waals surface area contributed by atoms with E-state index in [1.54, 1.807) is 18.7 Å². The van der Waals surface area contributed by atoms with Gasteiger partial charge in [0.15, 0.2) is 5.11 Å². The average Bonchev–Trinajstić information content (AvgIpc) is 3.36. The molecule has 2 aromatic carbocycles. The highest BCUT2D eigenvalue weighted by atomic mass is 32.1.